The Labute approximate surface area is 142 Å². The number of aromatic nitrogens is 2. The molecular weight excluding hydrogens is 308 g/mol. The lowest BCUT2D eigenvalue weighted by Crippen LogP contribution is -2.24. The molecule has 0 radical (unpaired) electrons. The van der Waals surface area contributed by atoms with E-state index in [1.807, 2.05) is 32.8 Å². The van der Waals surface area contributed by atoms with Crippen LogP contribution >= 0.6 is 0 Å². The van der Waals surface area contributed by atoms with E-state index in [2.05, 4.69) is 15.1 Å². The van der Waals surface area contributed by atoms with Crippen LogP contribution in [0, 0.1) is 0 Å². The smallest absolute Gasteiger partial charge is 0.224 e. The molecule has 0 aliphatic heterocycles. The molecule has 2 rings (SSSR count). The highest BCUT2D eigenvalue weighted by atomic mass is 16.6. The van der Waals surface area contributed by atoms with Gasteiger partial charge in [0, 0.05) is 45.2 Å². The van der Waals surface area contributed by atoms with Crippen molar-refractivity contribution in [1.29, 1.82) is 0 Å². The largest absolute Gasteiger partial charge is 0.511 e. The van der Waals surface area contributed by atoms with Crippen LogP contribution in [-0.2, 0) is 9.63 Å². The molecule has 130 valence electrons. The van der Waals surface area contributed by atoms with Gasteiger partial charge in [-0.1, -0.05) is 12.1 Å². The molecule has 1 aromatic rings. The van der Waals surface area contributed by atoms with E-state index in [0.717, 1.165) is 5.56 Å². The molecule has 1 N–H and O–H groups in total. The number of oxime groups is 1. The molecule has 0 fully saturated rings. The molecule has 1 aliphatic carbocycles. The molecule has 0 aromatic carbocycles. The first-order valence-electron chi connectivity index (χ1n) is 8.11. The van der Waals surface area contributed by atoms with Gasteiger partial charge in [-0.2, -0.15) is 0 Å². The predicted molar refractivity (Wildman–Crippen MR) is 92.3 cm³/mol. The second-order valence-corrected chi connectivity index (χ2v) is 5.87. The first-order chi connectivity index (χ1) is 11.5. The number of aliphatic hydroxyl groups excluding tert-OH is 1. The second kappa shape index (κ2) is 7.90. The number of hydrogen-bond donors (Lipinski definition) is 1. The molecule has 7 heteroatoms. The maximum Gasteiger partial charge on any atom is 0.224 e. The Hall–Kier alpha value is -2.44. The summed E-state index contributed by atoms with van der Waals surface area (Å²) in [4.78, 5) is 27.9. The Morgan fingerprint density at radius 2 is 2.00 bits per heavy atom. The molecule has 24 heavy (non-hydrogen) atoms. The fraction of sp³-hybridized carbons (Fsp3) is 0.529. The van der Waals surface area contributed by atoms with Gasteiger partial charge in [0.1, 0.15) is 12.4 Å². The average molecular weight is 332 g/mol. The van der Waals surface area contributed by atoms with Crippen molar-refractivity contribution < 1.29 is 14.7 Å². The molecule has 0 bridgehead atoms. The topological polar surface area (TPSA) is 87.9 Å². The van der Waals surface area contributed by atoms with E-state index < -0.39 is 0 Å². The Balaban J connectivity index is 2.24. The normalized spacial score (nSPS) is 18.8. The standard InChI is InChI=1S/C17H24N4O3/c1-5-13(20-24-6-2)16-14(22)7-11(8-15(16)23)12-9-18-17(19-10-12)21(3)4/h9-11,22H,5-8H2,1-4H3. The first-order valence-corrected chi connectivity index (χ1v) is 8.11. The van der Waals surface area contributed by atoms with Crippen molar-refractivity contribution in [3.05, 3.63) is 29.3 Å². The van der Waals surface area contributed by atoms with E-state index in [1.54, 1.807) is 12.4 Å². The summed E-state index contributed by atoms with van der Waals surface area (Å²) in [6.45, 7) is 4.12. The van der Waals surface area contributed by atoms with Gasteiger partial charge in [-0.3, -0.25) is 4.79 Å². The highest BCUT2D eigenvalue weighted by molar-refractivity contribution is 6.23. The maximum absolute atomic E-state index is 12.5. The van der Waals surface area contributed by atoms with E-state index >= 15 is 0 Å². The van der Waals surface area contributed by atoms with E-state index in [9.17, 15) is 9.90 Å². The Morgan fingerprint density at radius 1 is 1.33 bits per heavy atom. The van der Waals surface area contributed by atoms with Crippen molar-refractivity contribution in [3.63, 3.8) is 0 Å². The maximum atomic E-state index is 12.5. The third-order valence-electron chi connectivity index (χ3n) is 3.90. The Kier molecular flexibility index (Phi) is 5.89. The lowest BCUT2D eigenvalue weighted by molar-refractivity contribution is -0.116. The second-order valence-electron chi connectivity index (χ2n) is 5.87. The number of ketones is 1. The third kappa shape index (κ3) is 3.90. The molecule has 1 aromatic heterocycles. The lowest BCUT2D eigenvalue weighted by atomic mass is 9.82. The number of anilines is 1. The summed E-state index contributed by atoms with van der Waals surface area (Å²) < 4.78 is 0. The minimum atomic E-state index is -0.124. The van der Waals surface area contributed by atoms with Crippen molar-refractivity contribution in [2.75, 3.05) is 25.6 Å². The van der Waals surface area contributed by atoms with Crippen LogP contribution in [0.5, 0.6) is 0 Å². The van der Waals surface area contributed by atoms with Crippen LogP contribution in [0.2, 0.25) is 0 Å². The van der Waals surface area contributed by atoms with Crippen LogP contribution in [0.1, 0.15) is 44.6 Å². The zero-order chi connectivity index (χ0) is 17.7. The first kappa shape index (κ1) is 17.9. The van der Waals surface area contributed by atoms with Crippen LogP contribution in [0.15, 0.2) is 28.9 Å². The van der Waals surface area contributed by atoms with Crippen LogP contribution < -0.4 is 4.90 Å². The summed E-state index contributed by atoms with van der Waals surface area (Å²) in [6, 6.07) is 0. The van der Waals surface area contributed by atoms with Crippen molar-refractivity contribution in [3.8, 4) is 0 Å². The van der Waals surface area contributed by atoms with Crippen LogP contribution in [0.3, 0.4) is 0 Å². The van der Waals surface area contributed by atoms with Gasteiger partial charge in [0.25, 0.3) is 0 Å². The Bertz CT molecular complexity index is 650. The van der Waals surface area contributed by atoms with Gasteiger partial charge in [-0.05, 0) is 18.9 Å². The Morgan fingerprint density at radius 3 is 2.50 bits per heavy atom. The summed E-state index contributed by atoms with van der Waals surface area (Å²) >= 11 is 0. The van der Waals surface area contributed by atoms with Gasteiger partial charge >= 0.3 is 0 Å². The number of rotatable bonds is 6. The molecule has 1 atom stereocenters. The van der Waals surface area contributed by atoms with Crippen molar-refractivity contribution in [1.82, 2.24) is 9.97 Å². The zero-order valence-electron chi connectivity index (χ0n) is 14.6. The van der Waals surface area contributed by atoms with Gasteiger partial charge in [-0.15, -0.1) is 0 Å². The zero-order valence-corrected chi connectivity index (χ0v) is 14.6. The number of aliphatic hydroxyl groups is 1. The molecule has 0 saturated heterocycles. The predicted octanol–water partition coefficient (Wildman–Crippen LogP) is 2.60. The van der Waals surface area contributed by atoms with Gasteiger partial charge in [0.2, 0.25) is 5.95 Å². The van der Waals surface area contributed by atoms with E-state index in [4.69, 9.17) is 4.84 Å². The molecule has 1 unspecified atom stereocenters. The average Bonchev–Trinajstić information content (AvgIpc) is 2.57. The van der Waals surface area contributed by atoms with E-state index in [0.29, 0.717) is 43.1 Å². The molecule has 0 spiro atoms. The van der Waals surface area contributed by atoms with Crippen LogP contribution in [0.25, 0.3) is 0 Å². The summed E-state index contributed by atoms with van der Waals surface area (Å²) in [6.07, 6.45) is 4.63. The minimum absolute atomic E-state index is 0.0632. The van der Waals surface area contributed by atoms with Crippen molar-refractivity contribution >= 4 is 17.4 Å². The fourth-order valence-electron chi connectivity index (χ4n) is 2.66. The fourth-order valence-corrected chi connectivity index (χ4v) is 2.66. The van der Waals surface area contributed by atoms with Crippen LogP contribution in [-0.4, -0.2) is 47.3 Å². The van der Waals surface area contributed by atoms with E-state index in [-0.39, 0.29) is 17.5 Å². The number of Topliss-reactive ketones (excluding diaryl/α,β-unsaturated/α-hetero) is 1. The summed E-state index contributed by atoms with van der Waals surface area (Å²) in [7, 11) is 3.73. The quantitative estimate of drug-likeness (QED) is 0.636. The highest BCUT2D eigenvalue weighted by Crippen LogP contribution is 2.34. The van der Waals surface area contributed by atoms with Gasteiger partial charge in [0.15, 0.2) is 5.78 Å². The number of carbonyl (C=O) groups excluding carboxylic acids is 1. The number of hydrogen-bond acceptors (Lipinski definition) is 7. The number of carbonyl (C=O) groups is 1. The minimum Gasteiger partial charge on any atom is -0.511 e. The van der Waals surface area contributed by atoms with Gasteiger partial charge in [0.05, 0.1) is 11.3 Å². The molecule has 1 aliphatic rings. The molecular formula is C17H24N4O3. The molecule has 1 heterocycles. The molecule has 0 saturated carbocycles. The monoisotopic (exact) mass is 332 g/mol. The van der Waals surface area contributed by atoms with Gasteiger partial charge < -0.3 is 14.8 Å². The SMILES string of the molecule is CCON=C(CC)C1=C(O)CC(c2cnc(N(C)C)nc2)CC1=O. The number of nitrogens with zero attached hydrogens (tertiary/aromatic N) is 4. The van der Waals surface area contributed by atoms with Crippen molar-refractivity contribution in [2.24, 2.45) is 5.16 Å². The third-order valence-corrected chi connectivity index (χ3v) is 3.90. The van der Waals surface area contributed by atoms with Gasteiger partial charge in [-0.25, -0.2) is 9.97 Å². The number of allylic oxidation sites excluding steroid dienone is 2. The van der Waals surface area contributed by atoms with E-state index in [1.165, 1.54) is 0 Å². The molecule has 7 nitrogen and oxygen atoms in total. The van der Waals surface area contributed by atoms with Crippen molar-refractivity contribution in [2.45, 2.75) is 39.0 Å². The summed E-state index contributed by atoms with van der Waals surface area (Å²) in [5, 5.41) is 14.3. The lowest BCUT2D eigenvalue weighted by Gasteiger charge is -2.24. The summed E-state index contributed by atoms with van der Waals surface area (Å²) in [5.41, 5.74) is 1.64. The van der Waals surface area contributed by atoms with Crippen LogP contribution in [0.4, 0.5) is 5.95 Å². The molecule has 0 amide bonds. The summed E-state index contributed by atoms with van der Waals surface area (Å²) in [5.74, 6) is 0.426. The highest BCUT2D eigenvalue weighted by Gasteiger charge is 2.31.